The monoisotopic (exact) mass is 424 g/mol. The largest absolute Gasteiger partial charge is 0.491 e. The summed E-state index contributed by atoms with van der Waals surface area (Å²) in [5.41, 5.74) is 0.373. The number of nitrogens with zero attached hydrogens (tertiary/aromatic N) is 4. The molecule has 0 bridgehead atoms. The van der Waals surface area contributed by atoms with E-state index >= 15 is 0 Å². The van der Waals surface area contributed by atoms with Gasteiger partial charge in [0, 0.05) is 18.9 Å². The van der Waals surface area contributed by atoms with Crippen molar-refractivity contribution in [2.24, 2.45) is 7.05 Å². The summed E-state index contributed by atoms with van der Waals surface area (Å²) >= 11 is -1.53. The maximum atomic E-state index is 13.5. The number of nitriles is 1. The molecule has 2 heterocycles. The van der Waals surface area contributed by atoms with Crippen LogP contribution in [0.15, 0.2) is 30.6 Å². The van der Waals surface area contributed by atoms with Crippen LogP contribution in [0.25, 0.3) is 22.3 Å². The summed E-state index contributed by atoms with van der Waals surface area (Å²) in [6.07, 6.45) is -1.87. The topological polar surface area (TPSA) is 90.0 Å². The molecule has 0 amide bonds. The van der Waals surface area contributed by atoms with E-state index in [9.17, 15) is 22.6 Å². The zero-order chi connectivity index (χ0) is 21.2. The Bertz CT molecular complexity index is 1120. The number of benzene rings is 1. The van der Waals surface area contributed by atoms with Gasteiger partial charge >= 0.3 is 6.18 Å². The molecule has 3 aromatic rings. The van der Waals surface area contributed by atoms with Gasteiger partial charge in [-0.25, -0.2) is 14.2 Å². The zero-order valence-corrected chi connectivity index (χ0v) is 16.2. The van der Waals surface area contributed by atoms with Crippen molar-refractivity contribution in [1.29, 1.82) is 5.26 Å². The lowest BCUT2D eigenvalue weighted by Crippen LogP contribution is -2.12. The van der Waals surface area contributed by atoms with Crippen LogP contribution >= 0.6 is 0 Å². The summed E-state index contributed by atoms with van der Waals surface area (Å²) in [5.74, 6) is -0.381. The van der Waals surface area contributed by atoms with Crippen molar-refractivity contribution >= 4 is 22.1 Å². The fraction of sp³-hybridized carbons (Fsp3) is 0.278. The average molecular weight is 424 g/mol. The third-order valence-electron chi connectivity index (χ3n) is 3.99. The smallest absolute Gasteiger partial charge is 0.419 e. The van der Waals surface area contributed by atoms with E-state index in [1.807, 2.05) is 6.07 Å². The quantitative estimate of drug-likeness (QED) is 0.565. The molecule has 0 aliphatic heterocycles. The van der Waals surface area contributed by atoms with E-state index in [4.69, 9.17) is 8.92 Å². The van der Waals surface area contributed by atoms with Gasteiger partial charge in [0.05, 0.1) is 29.7 Å². The SMILES string of the molecule is Cn1cnc2c(C#N)nc(-c3ccc(OCCOS(C)=O)c(C(F)(F)F)c3)cc21. The van der Waals surface area contributed by atoms with Crippen LogP contribution in [-0.2, 0) is 28.5 Å². The molecule has 0 fully saturated rings. The minimum absolute atomic E-state index is 0.0247. The van der Waals surface area contributed by atoms with Crippen molar-refractivity contribution in [3.05, 3.63) is 41.9 Å². The molecule has 29 heavy (non-hydrogen) atoms. The van der Waals surface area contributed by atoms with Gasteiger partial charge < -0.3 is 9.30 Å². The summed E-state index contributed by atoms with van der Waals surface area (Å²) < 4.78 is 63.1. The first-order valence-electron chi connectivity index (χ1n) is 8.24. The first-order valence-corrected chi connectivity index (χ1v) is 9.72. The van der Waals surface area contributed by atoms with Crippen LogP contribution in [0.3, 0.4) is 0 Å². The molecule has 11 heteroatoms. The second-order valence-electron chi connectivity index (χ2n) is 5.97. The molecular formula is C18H15F3N4O3S. The van der Waals surface area contributed by atoms with Crippen molar-refractivity contribution < 1.29 is 26.3 Å². The molecule has 0 aliphatic rings. The lowest BCUT2D eigenvalue weighted by molar-refractivity contribution is -0.139. The van der Waals surface area contributed by atoms with Crippen molar-refractivity contribution in [3.8, 4) is 23.1 Å². The summed E-state index contributed by atoms with van der Waals surface area (Å²) in [6, 6.07) is 7.02. The van der Waals surface area contributed by atoms with Crippen LogP contribution < -0.4 is 4.74 Å². The van der Waals surface area contributed by atoms with Gasteiger partial charge in [0.15, 0.2) is 16.8 Å². The van der Waals surface area contributed by atoms with Crippen molar-refractivity contribution in [3.63, 3.8) is 0 Å². The van der Waals surface area contributed by atoms with Gasteiger partial charge in [0.1, 0.15) is 23.9 Å². The molecule has 3 rings (SSSR count). The molecule has 152 valence electrons. The predicted octanol–water partition coefficient (Wildman–Crippen LogP) is 3.21. The van der Waals surface area contributed by atoms with E-state index in [2.05, 4.69) is 9.97 Å². The second kappa shape index (κ2) is 8.18. The van der Waals surface area contributed by atoms with E-state index in [0.29, 0.717) is 11.0 Å². The molecule has 1 unspecified atom stereocenters. The summed E-state index contributed by atoms with van der Waals surface area (Å²) in [6.45, 7) is -0.313. The van der Waals surface area contributed by atoms with Crippen molar-refractivity contribution in [2.45, 2.75) is 6.18 Å². The van der Waals surface area contributed by atoms with Crippen LogP contribution in [-0.4, -0.2) is 38.2 Å². The van der Waals surface area contributed by atoms with Gasteiger partial charge in [-0.3, -0.25) is 4.18 Å². The minimum Gasteiger partial charge on any atom is -0.491 e. The number of aromatic nitrogens is 3. The number of alkyl halides is 3. The Morgan fingerprint density at radius 1 is 1.28 bits per heavy atom. The molecule has 1 atom stereocenters. The van der Waals surface area contributed by atoms with Gasteiger partial charge in [-0.05, 0) is 24.3 Å². The van der Waals surface area contributed by atoms with Gasteiger partial charge in [0.2, 0.25) is 0 Å². The molecule has 0 N–H and O–H groups in total. The van der Waals surface area contributed by atoms with Crippen LogP contribution in [0.5, 0.6) is 5.75 Å². The lowest BCUT2D eigenvalue weighted by Gasteiger charge is -2.15. The van der Waals surface area contributed by atoms with Crippen LogP contribution in [0.4, 0.5) is 13.2 Å². The normalized spacial score (nSPS) is 12.7. The third kappa shape index (κ3) is 4.55. The Morgan fingerprint density at radius 2 is 2.03 bits per heavy atom. The molecule has 1 aromatic carbocycles. The Balaban J connectivity index is 2.01. The van der Waals surface area contributed by atoms with E-state index in [1.54, 1.807) is 17.7 Å². The Hall–Kier alpha value is -2.97. The number of hydrogen-bond acceptors (Lipinski definition) is 6. The summed E-state index contributed by atoms with van der Waals surface area (Å²) in [7, 11) is 1.71. The molecule has 0 saturated carbocycles. The highest BCUT2D eigenvalue weighted by molar-refractivity contribution is 7.79. The highest BCUT2D eigenvalue weighted by Gasteiger charge is 2.35. The van der Waals surface area contributed by atoms with Crippen molar-refractivity contribution in [1.82, 2.24) is 14.5 Å². The van der Waals surface area contributed by atoms with Gasteiger partial charge in [-0.2, -0.15) is 18.4 Å². The average Bonchev–Trinajstić information content (AvgIpc) is 3.04. The second-order valence-corrected chi connectivity index (χ2v) is 7.01. The van der Waals surface area contributed by atoms with E-state index in [-0.39, 0.29) is 35.9 Å². The third-order valence-corrected chi connectivity index (χ3v) is 4.49. The number of hydrogen-bond donors (Lipinski definition) is 0. The number of ether oxygens (including phenoxy) is 1. The van der Waals surface area contributed by atoms with Crippen LogP contribution in [0.1, 0.15) is 11.3 Å². The first-order chi connectivity index (χ1) is 13.7. The number of rotatable bonds is 6. The maximum Gasteiger partial charge on any atom is 0.419 e. The molecular weight excluding hydrogens is 409 g/mol. The summed E-state index contributed by atoms with van der Waals surface area (Å²) in [5, 5.41) is 9.31. The maximum absolute atomic E-state index is 13.5. The van der Waals surface area contributed by atoms with Gasteiger partial charge in [-0.15, -0.1) is 0 Å². The molecule has 7 nitrogen and oxygen atoms in total. The lowest BCUT2D eigenvalue weighted by atomic mass is 10.1. The van der Waals surface area contributed by atoms with E-state index < -0.39 is 22.8 Å². The van der Waals surface area contributed by atoms with E-state index in [1.165, 1.54) is 24.7 Å². The van der Waals surface area contributed by atoms with Gasteiger partial charge in [0.25, 0.3) is 0 Å². The highest BCUT2D eigenvalue weighted by Crippen LogP contribution is 2.39. The minimum atomic E-state index is -4.67. The van der Waals surface area contributed by atoms with Crippen LogP contribution in [0, 0.1) is 11.3 Å². The molecule has 0 spiro atoms. The number of imidazole rings is 1. The van der Waals surface area contributed by atoms with E-state index in [0.717, 1.165) is 6.07 Å². The molecule has 0 aliphatic carbocycles. The van der Waals surface area contributed by atoms with Crippen molar-refractivity contribution in [2.75, 3.05) is 19.5 Å². The van der Waals surface area contributed by atoms with Crippen LogP contribution in [0.2, 0.25) is 0 Å². The molecule has 0 radical (unpaired) electrons. The predicted molar refractivity (Wildman–Crippen MR) is 99.2 cm³/mol. The Kier molecular flexibility index (Phi) is 5.86. The first kappa shape index (κ1) is 20.8. The Morgan fingerprint density at radius 3 is 2.69 bits per heavy atom. The number of aryl methyl sites for hydroxylation is 1. The molecule has 0 saturated heterocycles. The zero-order valence-electron chi connectivity index (χ0n) is 15.4. The number of fused-ring (bicyclic) bond motifs is 1. The molecule has 2 aromatic heterocycles. The summed E-state index contributed by atoms with van der Waals surface area (Å²) in [4.78, 5) is 8.25. The number of halogens is 3. The Labute approximate surface area is 166 Å². The fourth-order valence-electron chi connectivity index (χ4n) is 2.69. The fourth-order valence-corrected chi connectivity index (χ4v) is 3.00. The van der Waals surface area contributed by atoms with Gasteiger partial charge in [-0.1, -0.05) is 0 Å². The highest BCUT2D eigenvalue weighted by atomic mass is 32.2. The number of pyridine rings is 1. The standard InChI is InChI=1S/C18H15F3N4O3S/c1-25-10-23-17-14(9-22)24-13(8-15(17)25)11-3-4-16(12(7-11)18(19,20)21)27-5-6-28-29(2)26/h3-4,7-8,10H,5-6H2,1-2H3.